The molecule has 6 nitrogen and oxygen atoms in total. The first kappa shape index (κ1) is 21.9. The SMILES string of the molecule is CC(C)(C)OC(=O)NCCC[C@@]1(C(=O)OC(C)(C)C)Cc2ccccc2C1=O. The Labute approximate surface area is 167 Å². The van der Waals surface area contributed by atoms with E-state index < -0.39 is 28.7 Å². The van der Waals surface area contributed by atoms with Crippen molar-refractivity contribution in [3.05, 3.63) is 35.4 Å². The van der Waals surface area contributed by atoms with Gasteiger partial charge in [0.15, 0.2) is 5.78 Å². The topological polar surface area (TPSA) is 81.7 Å². The predicted octanol–water partition coefficient (Wildman–Crippen LogP) is 4.06. The molecule has 0 aromatic heterocycles. The smallest absolute Gasteiger partial charge is 0.407 e. The Hall–Kier alpha value is -2.37. The highest BCUT2D eigenvalue weighted by Crippen LogP contribution is 2.42. The molecule has 0 unspecified atom stereocenters. The molecule has 0 saturated heterocycles. The average Bonchev–Trinajstić information content (AvgIpc) is 2.82. The second-order valence-electron chi connectivity index (χ2n) is 9.28. The van der Waals surface area contributed by atoms with Gasteiger partial charge in [0.05, 0.1) is 0 Å². The third-order valence-corrected chi connectivity index (χ3v) is 4.43. The van der Waals surface area contributed by atoms with Crippen molar-refractivity contribution in [3.8, 4) is 0 Å². The summed E-state index contributed by atoms with van der Waals surface area (Å²) in [5, 5.41) is 2.68. The fourth-order valence-electron chi connectivity index (χ4n) is 3.30. The molecular weight excluding hydrogens is 358 g/mol. The maximum absolute atomic E-state index is 13.1. The van der Waals surface area contributed by atoms with E-state index in [2.05, 4.69) is 5.32 Å². The zero-order valence-electron chi connectivity index (χ0n) is 17.7. The summed E-state index contributed by atoms with van der Waals surface area (Å²) >= 11 is 0. The van der Waals surface area contributed by atoms with E-state index in [0.717, 1.165) is 5.56 Å². The van der Waals surface area contributed by atoms with E-state index in [4.69, 9.17) is 9.47 Å². The predicted molar refractivity (Wildman–Crippen MR) is 106 cm³/mol. The van der Waals surface area contributed by atoms with Gasteiger partial charge in [-0.25, -0.2) is 4.79 Å². The molecule has 0 heterocycles. The van der Waals surface area contributed by atoms with Crippen LogP contribution in [0.4, 0.5) is 4.79 Å². The molecule has 1 N–H and O–H groups in total. The number of alkyl carbamates (subject to hydrolysis) is 1. The number of rotatable bonds is 5. The van der Waals surface area contributed by atoms with Gasteiger partial charge < -0.3 is 14.8 Å². The van der Waals surface area contributed by atoms with Crippen LogP contribution in [-0.2, 0) is 20.7 Å². The second kappa shape index (κ2) is 7.94. The van der Waals surface area contributed by atoms with Crippen LogP contribution in [0.3, 0.4) is 0 Å². The van der Waals surface area contributed by atoms with Crippen molar-refractivity contribution in [1.82, 2.24) is 5.32 Å². The minimum absolute atomic E-state index is 0.199. The Kier molecular flexibility index (Phi) is 6.21. The molecule has 0 aliphatic heterocycles. The molecule has 1 aliphatic rings. The fourth-order valence-corrected chi connectivity index (χ4v) is 3.30. The normalized spacial score (nSPS) is 19.1. The Morgan fingerprint density at radius 1 is 1.04 bits per heavy atom. The fraction of sp³-hybridized carbons (Fsp3) is 0.591. The van der Waals surface area contributed by atoms with Crippen LogP contribution in [0.1, 0.15) is 70.3 Å². The molecule has 1 aromatic rings. The van der Waals surface area contributed by atoms with Gasteiger partial charge in [-0.05, 0) is 66.4 Å². The first-order valence-corrected chi connectivity index (χ1v) is 9.67. The van der Waals surface area contributed by atoms with Gasteiger partial charge in [0.1, 0.15) is 16.6 Å². The Morgan fingerprint density at radius 2 is 1.64 bits per heavy atom. The highest BCUT2D eigenvalue weighted by molar-refractivity contribution is 6.16. The van der Waals surface area contributed by atoms with E-state index in [1.165, 1.54) is 0 Å². The second-order valence-corrected chi connectivity index (χ2v) is 9.28. The number of ether oxygens (including phenoxy) is 2. The summed E-state index contributed by atoms with van der Waals surface area (Å²) < 4.78 is 10.8. The van der Waals surface area contributed by atoms with Crippen molar-refractivity contribution >= 4 is 17.8 Å². The molecule has 0 fully saturated rings. The Balaban J connectivity index is 2.10. The van der Waals surface area contributed by atoms with E-state index in [-0.39, 0.29) is 5.78 Å². The van der Waals surface area contributed by atoms with Crippen LogP contribution in [0.25, 0.3) is 0 Å². The number of carbonyl (C=O) groups is 3. The maximum atomic E-state index is 13.1. The van der Waals surface area contributed by atoms with Gasteiger partial charge in [-0.15, -0.1) is 0 Å². The van der Waals surface area contributed by atoms with E-state index in [9.17, 15) is 14.4 Å². The third-order valence-electron chi connectivity index (χ3n) is 4.43. The van der Waals surface area contributed by atoms with Crippen LogP contribution < -0.4 is 5.32 Å². The zero-order valence-corrected chi connectivity index (χ0v) is 17.7. The summed E-state index contributed by atoms with van der Waals surface area (Å²) in [4.78, 5) is 38.0. The molecule has 154 valence electrons. The summed E-state index contributed by atoms with van der Waals surface area (Å²) in [5.74, 6) is -0.701. The lowest BCUT2D eigenvalue weighted by molar-refractivity contribution is -0.164. The molecular formula is C22H31NO5. The molecule has 1 amide bonds. The summed E-state index contributed by atoms with van der Waals surface area (Å²) in [6.45, 7) is 11.0. The number of amides is 1. The molecule has 28 heavy (non-hydrogen) atoms. The van der Waals surface area contributed by atoms with Crippen molar-refractivity contribution in [1.29, 1.82) is 0 Å². The van der Waals surface area contributed by atoms with Crippen molar-refractivity contribution in [2.75, 3.05) is 6.54 Å². The van der Waals surface area contributed by atoms with E-state index in [1.807, 2.05) is 12.1 Å². The number of hydrogen-bond acceptors (Lipinski definition) is 5. The number of benzene rings is 1. The number of carbonyl (C=O) groups excluding carboxylic acids is 3. The molecule has 1 aromatic carbocycles. The number of esters is 1. The molecule has 0 saturated carbocycles. The van der Waals surface area contributed by atoms with Gasteiger partial charge in [-0.2, -0.15) is 0 Å². The van der Waals surface area contributed by atoms with Gasteiger partial charge in [-0.1, -0.05) is 24.3 Å². The van der Waals surface area contributed by atoms with Crippen molar-refractivity contribution < 1.29 is 23.9 Å². The summed E-state index contributed by atoms with van der Waals surface area (Å²) in [6, 6.07) is 7.29. The van der Waals surface area contributed by atoms with Gasteiger partial charge in [0.25, 0.3) is 0 Å². The van der Waals surface area contributed by atoms with Crippen LogP contribution >= 0.6 is 0 Å². The molecule has 0 spiro atoms. The molecule has 0 bridgehead atoms. The number of nitrogens with one attached hydrogen (secondary N) is 1. The van der Waals surface area contributed by atoms with Crippen molar-refractivity contribution in [2.24, 2.45) is 5.41 Å². The lowest BCUT2D eigenvalue weighted by Gasteiger charge is -2.30. The first-order valence-electron chi connectivity index (χ1n) is 9.67. The molecule has 1 aliphatic carbocycles. The van der Waals surface area contributed by atoms with E-state index >= 15 is 0 Å². The quantitative estimate of drug-likeness (QED) is 0.467. The van der Waals surface area contributed by atoms with E-state index in [0.29, 0.717) is 31.4 Å². The minimum Gasteiger partial charge on any atom is -0.459 e. The largest absolute Gasteiger partial charge is 0.459 e. The van der Waals surface area contributed by atoms with Gasteiger partial charge in [0.2, 0.25) is 0 Å². The Bertz CT molecular complexity index is 757. The van der Waals surface area contributed by atoms with Crippen molar-refractivity contribution in [3.63, 3.8) is 0 Å². The molecule has 6 heteroatoms. The standard InChI is InChI=1S/C22H31NO5/c1-20(2,3)27-18(25)22(12-9-13-23-19(26)28-21(4,5)6)14-15-10-7-8-11-16(15)17(22)24/h7-8,10-11H,9,12-14H2,1-6H3,(H,23,26)/t22-/m1/s1. The number of Topliss-reactive ketones (excluding diaryl/α,β-unsaturated/α-hetero) is 1. The number of fused-ring (bicyclic) bond motifs is 1. The first-order chi connectivity index (χ1) is 12.8. The molecule has 0 radical (unpaired) electrons. The molecule has 2 rings (SSSR count). The zero-order chi connectivity index (χ0) is 21.2. The lowest BCUT2D eigenvalue weighted by atomic mass is 9.79. The lowest BCUT2D eigenvalue weighted by Crippen LogP contribution is -2.43. The minimum atomic E-state index is -1.24. The van der Waals surface area contributed by atoms with Crippen LogP contribution in [-0.4, -0.2) is 35.6 Å². The average molecular weight is 389 g/mol. The van der Waals surface area contributed by atoms with Crippen LogP contribution in [0.15, 0.2) is 24.3 Å². The highest BCUT2D eigenvalue weighted by Gasteiger charge is 2.52. The molecule has 1 atom stereocenters. The van der Waals surface area contributed by atoms with Gasteiger partial charge >= 0.3 is 12.1 Å². The monoisotopic (exact) mass is 389 g/mol. The number of ketones is 1. The van der Waals surface area contributed by atoms with Gasteiger partial charge in [0, 0.05) is 12.1 Å². The van der Waals surface area contributed by atoms with E-state index in [1.54, 1.807) is 53.7 Å². The van der Waals surface area contributed by atoms with Crippen LogP contribution in [0.2, 0.25) is 0 Å². The van der Waals surface area contributed by atoms with Gasteiger partial charge in [-0.3, -0.25) is 9.59 Å². The highest BCUT2D eigenvalue weighted by atomic mass is 16.6. The van der Waals surface area contributed by atoms with Crippen LogP contribution in [0.5, 0.6) is 0 Å². The summed E-state index contributed by atoms with van der Waals surface area (Å²) in [6.07, 6.45) is 0.562. The number of hydrogen-bond donors (Lipinski definition) is 1. The Morgan fingerprint density at radius 3 is 2.21 bits per heavy atom. The summed E-state index contributed by atoms with van der Waals surface area (Å²) in [5.41, 5.74) is -1.07. The van der Waals surface area contributed by atoms with Crippen molar-refractivity contribution in [2.45, 2.75) is 72.0 Å². The third kappa shape index (κ3) is 5.33. The maximum Gasteiger partial charge on any atom is 0.407 e. The van der Waals surface area contributed by atoms with Crippen LogP contribution in [0, 0.1) is 5.41 Å². The summed E-state index contributed by atoms with van der Waals surface area (Å²) in [7, 11) is 0.